The molecule has 7 heteroatoms. The second kappa shape index (κ2) is 7.03. The van der Waals surface area contributed by atoms with Gasteiger partial charge in [0, 0.05) is 12.3 Å². The number of benzene rings is 1. The van der Waals surface area contributed by atoms with E-state index in [0.29, 0.717) is 23.3 Å². The van der Waals surface area contributed by atoms with Crippen molar-refractivity contribution in [3.63, 3.8) is 0 Å². The fourth-order valence-corrected chi connectivity index (χ4v) is 2.79. The Bertz CT molecular complexity index is 649. The molecule has 1 aromatic heterocycles. The van der Waals surface area contributed by atoms with E-state index in [1.807, 2.05) is 38.1 Å². The number of nitrogens with zero attached hydrogens (tertiary/aromatic N) is 3. The Morgan fingerprint density at radius 2 is 2.14 bits per heavy atom. The Morgan fingerprint density at radius 3 is 2.81 bits per heavy atom. The number of nitrogens with one attached hydrogen (secondary N) is 1. The lowest BCUT2D eigenvalue weighted by Crippen LogP contribution is -2.04. The normalized spacial score (nSPS) is 10.4. The van der Waals surface area contributed by atoms with E-state index < -0.39 is 4.92 Å². The van der Waals surface area contributed by atoms with Crippen LogP contribution in [0.15, 0.2) is 35.5 Å². The lowest BCUT2D eigenvalue weighted by molar-refractivity contribution is -0.388. The molecule has 2 rings (SSSR count). The summed E-state index contributed by atoms with van der Waals surface area (Å²) in [5.74, 6) is 1.05. The molecule has 0 saturated carbocycles. The molecule has 0 aliphatic carbocycles. The van der Waals surface area contributed by atoms with E-state index >= 15 is 0 Å². The number of thioether (sulfide) groups is 1. The van der Waals surface area contributed by atoms with Gasteiger partial charge in [0.15, 0.2) is 5.03 Å². The third-order valence-corrected chi connectivity index (χ3v) is 3.92. The molecular weight excluding hydrogens is 288 g/mol. The van der Waals surface area contributed by atoms with Crippen LogP contribution in [0.25, 0.3) is 0 Å². The van der Waals surface area contributed by atoms with E-state index in [2.05, 4.69) is 15.3 Å². The average molecular weight is 304 g/mol. The third kappa shape index (κ3) is 3.91. The van der Waals surface area contributed by atoms with Crippen LogP contribution in [0, 0.1) is 17.0 Å². The van der Waals surface area contributed by atoms with Crippen LogP contribution in [-0.4, -0.2) is 21.4 Å². The first kappa shape index (κ1) is 15.2. The minimum absolute atomic E-state index is 0.0600. The van der Waals surface area contributed by atoms with Crippen molar-refractivity contribution >= 4 is 23.4 Å². The molecule has 0 spiro atoms. The Balaban J connectivity index is 2.22. The van der Waals surface area contributed by atoms with Crippen LogP contribution in [0.1, 0.15) is 18.1 Å². The first-order valence-electron chi connectivity index (χ1n) is 6.54. The molecule has 0 atom stereocenters. The fraction of sp³-hybridized carbons (Fsp3) is 0.286. The standard InChI is InChI=1S/C14H16N4O2S/c1-3-15-14-16-8-12(18(19)20)13(17-14)21-9-11-7-5-4-6-10(11)2/h4-8H,3,9H2,1-2H3,(H,15,16,17). The van der Waals surface area contributed by atoms with Crippen LogP contribution >= 0.6 is 11.8 Å². The Kier molecular flexibility index (Phi) is 5.10. The minimum atomic E-state index is -0.449. The van der Waals surface area contributed by atoms with Crippen LogP contribution in [0.5, 0.6) is 0 Å². The second-order valence-electron chi connectivity index (χ2n) is 4.39. The zero-order valence-corrected chi connectivity index (χ0v) is 12.7. The maximum atomic E-state index is 11.1. The zero-order chi connectivity index (χ0) is 15.2. The van der Waals surface area contributed by atoms with E-state index in [9.17, 15) is 10.1 Å². The Morgan fingerprint density at radius 1 is 1.38 bits per heavy atom. The molecule has 110 valence electrons. The molecule has 1 aromatic carbocycles. The first-order chi connectivity index (χ1) is 10.1. The van der Waals surface area contributed by atoms with Gasteiger partial charge in [-0.3, -0.25) is 10.1 Å². The summed E-state index contributed by atoms with van der Waals surface area (Å²) in [6.07, 6.45) is 1.26. The van der Waals surface area contributed by atoms with Gasteiger partial charge in [0.05, 0.1) is 4.92 Å². The molecular formula is C14H16N4O2S. The topological polar surface area (TPSA) is 81.0 Å². The molecule has 0 bridgehead atoms. The van der Waals surface area contributed by atoms with Crippen molar-refractivity contribution in [2.75, 3.05) is 11.9 Å². The summed E-state index contributed by atoms with van der Waals surface area (Å²) in [5.41, 5.74) is 2.24. The highest BCUT2D eigenvalue weighted by Crippen LogP contribution is 2.30. The first-order valence-corrected chi connectivity index (χ1v) is 7.53. The number of aryl methyl sites for hydroxylation is 1. The largest absolute Gasteiger partial charge is 0.354 e. The minimum Gasteiger partial charge on any atom is -0.354 e. The molecule has 21 heavy (non-hydrogen) atoms. The molecule has 2 aromatic rings. The Labute approximate surface area is 127 Å². The lowest BCUT2D eigenvalue weighted by atomic mass is 10.1. The quantitative estimate of drug-likeness (QED) is 0.381. The van der Waals surface area contributed by atoms with Crippen LogP contribution in [0.2, 0.25) is 0 Å². The molecule has 0 unspecified atom stereocenters. The number of anilines is 1. The molecule has 0 aliphatic heterocycles. The van der Waals surface area contributed by atoms with Crippen LogP contribution in [-0.2, 0) is 5.75 Å². The van der Waals surface area contributed by atoms with E-state index in [1.54, 1.807) is 0 Å². The Hall–Kier alpha value is -2.15. The summed E-state index contributed by atoms with van der Waals surface area (Å²) < 4.78 is 0. The van der Waals surface area contributed by atoms with Gasteiger partial charge in [-0.05, 0) is 25.0 Å². The van der Waals surface area contributed by atoms with Gasteiger partial charge in [0.2, 0.25) is 5.95 Å². The highest BCUT2D eigenvalue weighted by atomic mass is 32.2. The highest BCUT2D eigenvalue weighted by molar-refractivity contribution is 7.98. The van der Waals surface area contributed by atoms with Crippen molar-refractivity contribution in [3.8, 4) is 0 Å². The predicted molar refractivity (Wildman–Crippen MR) is 83.6 cm³/mol. The maximum absolute atomic E-state index is 11.1. The van der Waals surface area contributed by atoms with E-state index in [4.69, 9.17) is 0 Å². The van der Waals surface area contributed by atoms with E-state index in [1.165, 1.54) is 18.0 Å². The molecule has 1 heterocycles. The van der Waals surface area contributed by atoms with Crippen LogP contribution in [0.4, 0.5) is 11.6 Å². The average Bonchev–Trinajstić information content (AvgIpc) is 2.46. The number of nitro groups is 1. The summed E-state index contributed by atoms with van der Waals surface area (Å²) in [5, 5.41) is 14.4. The van der Waals surface area contributed by atoms with Crippen molar-refractivity contribution in [2.45, 2.75) is 24.6 Å². The van der Waals surface area contributed by atoms with Crippen LogP contribution in [0.3, 0.4) is 0 Å². The molecule has 0 amide bonds. The van der Waals surface area contributed by atoms with Crippen molar-refractivity contribution in [2.24, 2.45) is 0 Å². The van der Waals surface area contributed by atoms with Gasteiger partial charge in [0.1, 0.15) is 6.20 Å². The summed E-state index contributed by atoms with van der Waals surface area (Å²) in [6, 6.07) is 7.97. The van der Waals surface area contributed by atoms with Crippen molar-refractivity contribution in [3.05, 3.63) is 51.7 Å². The summed E-state index contributed by atoms with van der Waals surface area (Å²) >= 11 is 1.35. The maximum Gasteiger partial charge on any atom is 0.319 e. The molecule has 0 radical (unpaired) electrons. The monoisotopic (exact) mass is 304 g/mol. The lowest BCUT2D eigenvalue weighted by Gasteiger charge is -2.07. The third-order valence-electron chi connectivity index (χ3n) is 2.89. The molecule has 1 N–H and O–H groups in total. The van der Waals surface area contributed by atoms with Gasteiger partial charge in [-0.1, -0.05) is 36.0 Å². The van der Waals surface area contributed by atoms with Gasteiger partial charge >= 0.3 is 5.69 Å². The second-order valence-corrected chi connectivity index (χ2v) is 5.35. The van der Waals surface area contributed by atoms with Gasteiger partial charge in [0.25, 0.3) is 0 Å². The molecule has 6 nitrogen and oxygen atoms in total. The van der Waals surface area contributed by atoms with E-state index in [-0.39, 0.29) is 5.69 Å². The fourth-order valence-electron chi connectivity index (χ4n) is 1.75. The van der Waals surface area contributed by atoms with Crippen molar-refractivity contribution < 1.29 is 4.92 Å². The van der Waals surface area contributed by atoms with Gasteiger partial charge in [-0.15, -0.1) is 0 Å². The van der Waals surface area contributed by atoms with Crippen molar-refractivity contribution in [1.82, 2.24) is 9.97 Å². The van der Waals surface area contributed by atoms with Gasteiger partial charge < -0.3 is 5.32 Å². The van der Waals surface area contributed by atoms with Crippen molar-refractivity contribution in [1.29, 1.82) is 0 Å². The van der Waals surface area contributed by atoms with Gasteiger partial charge in [-0.2, -0.15) is 4.98 Å². The molecule has 0 aliphatic rings. The summed E-state index contributed by atoms with van der Waals surface area (Å²) in [6.45, 7) is 4.61. The number of aromatic nitrogens is 2. The zero-order valence-electron chi connectivity index (χ0n) is 11.9. The molecule has 0 saturated heterocycles. The SMILES string of the molecule is CCNc1ncc([N+](=O)[O-])c(SCc2ccccc2C)n1. The summed E-state index contributed by atoms with van der Waals surface area (Å²) in [4.78, 5) is 18.8. The summed E-state index contributed by atoms with van der Waals surface area (Å²) in [7, 11) is 0. The predicted octanol–water partition coefficient (Wildman–Crippen LogP) is 3.42. The number of hydrogen-bond donors (Lipinski definition) is 1. The van der Waals surface area contributed by atoms with Gasteiger partial charge in [-0.25, -0.2) is 4.98 Å². The smallest absolute Gasteiger partial charge is 0.319 e. The highest BCUT2D eigenvalue weighted by Gasteiger charge is 2.18. The van der Waals surface area contributed by atoms with Crippen LogP contribution < -0.4 is 5.32 Å². The molecule has 0 fully saturated rings. The van der Waals surface area contributed by atoms with E-state index in [0.717, 1.165) is 11.1 Å². The number of rotatable bonds is 6. The number of hydrogen-bond acceptors (Lipinski definition) is 6.